The van der Waals surface area contributed by atoms with E-state index < -0.39 is 0 Å². The highest BCUT2D eigenvalue weighted by atomic mass is 16.3. The van der Waals surface area contributed by atoms with Gasteiger partial charge in [-0.2, -0.15) is 0 Å². The Hall–Kier alpha value is -1.28. The number of fused-ring (bicyclic) bond motifs is 1. The van der Waals surface area contributed by atoms with E-state index in [9.17, 15) is 0 Å². The highest BCUT2D eigenvalue weighted by Gasteiger charge is 2.10. The fourth-order valence-corrected chi connectivity index (χ4v) is 2.41. The third-order valence-electron chi connectivity index (χ3n) is 3.48. The fourth-order valence-electron chi connectivity index (χ4n) is 2.41. The van der Waals surface area contributed by atoms with Gasteiger partial charge in [0.05, 0.1) is 6.54 Å². The molecule has 0 amide bonds. The zero-order chi connectivity index (χ0) is 13.8. The average molecular weight is 259 g/mol. The van der Waals surface area contributed by atoms with E-state index in [1.165, 1.54) is 22.9 Å². The lowest BCUT2D eigenvalue weighted by molar-refractivity contribution is 0.482. The van der Waals surface area contributed by atoms with Gasteiger partial charge in [0, 0.05) is 5.39 Å². The summed E-state index contributed by atoms with van der Waals surface area (Å²) in [6.07, 6.45) is 2.33. The molecule has 2 heteroatoms. The number of benzene rings is 1. The maximum Gasteiger partial charge on any atom is 0.134 e. The van der Waals surface area contributed by atoms with E-state index in [2.05, 4.69) is 51.2 Å². The molecule has 1 aromatic carbocycles. The Morgan fingerprint density at radius 2 is 2.05 bits per heavy atom. The number of aryl methyl sites for hydroxylation is 2. The summed E-state index contributed by atoms with van der Waals surface area (Å²) in [7, 11) is 0. The van der Waals surface area contributed by atoms with Crippen molar-refractivity contribution in [1.29, 1.82) is 0 Å². The van der Waals surface area contributed by atoms with Crippen LogP contribution in [0.3, 0.4) is 0 Å². The smallest absolute Gasteiger partial charge is 0.134 e. The van der Waals surface area contributed by atoms with Crippen LogP contribution in [0.25, 0.3) is 11.0 Å². The summed E-state index contributed by atoms with van der Waals surface area (Å²) >= 11 is 0. The number of hydrogen-bond donors (Lipinski definition) is 1. The summed E-state index contributed by atoms with van der Waals surface area (Å²) in [5.74, 6) is 1.74. The molecule has 0 fully saturated rings. The van der Waals surface area contributed by atoms with Crippen molar-refractivity contribution in [3.63, 3.8) is 0 Å². The van der Waals surface area contributed by atoms with E-state index in [0.29, 0.717) is 5.92 Å². The molecule has 2 nitrogen and oxygen atoms in total. The van der Waals surface area contributed by atoms with Gasteiger partial charge < -0.3 is 9.73 Å². The van der Waals surface area contributed by atoms with Crippen molar-refractivity contribution in [1.82, 2.24) is 5.32 Å². The van der Waals surface area contributed by atoms with Gasteiger partial charge >= 0.3 is 0 Å². The normalized spacial score (nSPS) is 11.6. The predicted octanol–water partition coefficient (Wildman–Crippen LogP) is 4.44. The number of nitrogens with one attached hydrogen (secondary N) is 1. The van der Waals surface area contributed by atoms with Gasteiger partial charge in [-0.25, -0.2) is 0 Å². The van der Waals surface area contributed by atoms with Crippen LogP contribution < -0.4 is 5.32 Å². The second-order valence-corrected chi connectivity index (χ2v) is 5.76. The lowest BCUT2D eigenvalue weighted by Gasteiger charge is -2.05. The first-order valence-corrected chi connectivity index (χ1v) is 7.33. The maximum absolute atomic E-state index is 5.95. The Kier molecular flexibility index (Phi) is 4.65. The van der Waals surface area contributed by atoms with Crippen molar-refractivity contribution < 1.29 is 4.42 Å². The molecular formula is C17H25NO. The Morgan fingerprint density at radius 1 is 1.26 bits per heavy atom. The minimum Gasteiger partial charge on any atom is -0.459 e. The first-order valence-electron chi connectivity index (χ1n) is 7.33. The Bertz CT molecular complexity index is 539. The van der Waals surface area contributed by atoms with E-state index >= 15 is 0 Å². The fraction of sp³-hybridized carbons (Fsp3) is 0.529. The molecule has 0 unspecified atom stereocenters. The van der Waals surface area contributed by atoms with Crippen LogP contribution in [-0.2, 0) is 13.0 Å². The molecular weight excluding hydrogens is 234 g/mol. The van der Waals surface area contributed by atoms with Crippen LogP contribution in [0.1, 0.15) is 44.1 Å². The standard InChI is InChI=1S/C17H25NO/c1-5-6-14-7-8-16-15(9-14)13(4)17(19-16)11-18-10-12(2)3/h7-9,12,18H,5-6,10-11H2,1-4H3. The number of hydrogen-bond acceptors (Lipinski definition) is 2. The van der Waals surface area contributed by atoms with Gasteiger partial charge in [-0.15, -0.1) is 0 Å². The third-order valence-corrected chi connectivity index (χ3v) is 3.48. The summed E-state index contributed by atoms with van der Waals surface area (Å²) in [6.45, 7) is 10.7. The number of furan rings is 1. The van der Waals surface area contributed by atoms with Gasteiger partial charge in [0.2, 0.25) is 0 Å². The monoisotopic (exact) mass is 259 g/mol. The SMILES string of the molecule is CCCc1ccc2oc(CNCC(C)C)c(C)c2c1. The molecule has 0 saturated heterocycles. The largest absolute Gasteiger partial charge is 0.459 e. The molecule has 1 aromatic heterocycles. The highest BCUT2D eigenvalue weighted by molar-refractivity contribution is 5.82. The lowest BCUT2D eigenvalue weighted by Crippen LogP contribution is -2.18. The topological polar surface area (TPSA) is 25.2 Å². The lowest BCUT2D eigenvalue weighted by atomic mass is 10.1. The Balaban J connectivity index is 2.19. The molecule has 1 N–H and O–H groups in total. The van der Waals surface area contributed by atoms with Gasteiger partial charge in [0.15, 0.2) is 0 Å². The van der Waals surface area contributed by atoms with E-state index in [1.807, 2.05) is 0 Å². The van der Waals surface area contributed by atoms with Gasteiger partial charge in [-0.1, -0.05) is 33.3 Å². The van der Waals surface area contributed by atoms with Crippen molar-refractivity contribution in [2.45, 2.75) is 47.1 Å². The predicted molar refractivity (Wildman–Crippen MR) is 81.5 cm³/mol. The van der Waals surface area contributed by atoms with Crippen LogP contribution >= 0.6 is 0 Å². The van der Waals surface area contributed by atoms with Crippen molar-refractivity contribution >= 4 is 11.0 Å². The summed E-state index contributed by atoms with van der Waals surface area (Å²) in [6, 6.07) is 6.57. The molecule has 0 aliphatic rings. The molecule has 0 saturated carbocycles. The average Bonchev–Trinajstić information content (AvgIpc) is 2.67. The molecule has 0 radical (unpaired) electrons. The van der Waals surface area contributed by atoms with Crippen LogP contribution in [0, 0.1) is 12.8 Å². The van der Waals surface area contributed by atoms with E-state index in [0.717, 1.165) is 30.9 Å². The molecule has 0 bridgehead atoms. The maximum atomic E-state index is 5.95. The molecule has 2 aromatic rings. The van der Waals surface area contributed by atoms with Gasteiger partial charge in [0.1, 0.15) is 11.3 Å². The molecule has 0 atom stereocenters. The van der Waals surface area contributed by atoms with Gasteiger partial charge in [0.25, 0.3) is 0 Å². The summed E-state index contributed by atoms with van der Waals surface area (Å²) in [5.41, 5.74) is 3.70. The van der Waals surface area contributed by atoms with Crippen LogP contribution in [0.2, 0.25) is 0 Å². The third kappa shape index (κ3) is 3.38. The second kappa shape index (κ2) is 6.25. The van der Waals surface area contributed by atoms with Crippen LogP contribution in [0.4, 0.5) is 0 Å². The molecule has 19 heavy (non-hydrogen) atoms. The molecule has 0 aliphatic carbocycles. The van der Waals surface area contributed by atoms with Crippen molar-refractivity contribution in [2.75, 3.05) is 6.54 Å². The first-order chi connectivity index (χ1) is 9.11. The molecule has 2 rings (SSSR count). The van der Waals surface area contributed by atoms with E-state index in [-0.39, 0.29) is 0 Å². The van der Waals surface area contributed by atoms with Crippen LogP contribution in [0.5, 0.6) is 0 Å². The summed E-state index contributed by atoms with van der Waals surface area (Å²) < 4.78 is 5.95. The van der Waals surface area contributed by atoms with Crippen LogP contribution in [-0.4, -0.2) is 6.54 Å². The Labute approximate surface area is 116 Å². The molecule has 0 aliphatic heterocycles. The van der Waals surface area contributed by atoms with Crippen molar-refractivity contribution in [3.8, 4) is 0 Å². The minimum atomic E-state index is 0.667. The van der Waals surface area contributed by atoms with Gasteiger partial charge in [-0.3, -0.25) is 0 Å². The summed E-state index contributed by atoms with van der Waals surface area (Å²) in [4.78, 5) is 0. The first kappa shape index (κ1) is 14.1. The number of rotatable bonds is 6. The van der Waals surface area contributed by atoms with E-state index in [1.54, 1.807) is 0 Å². The van der Waals surface area contributed by atoms with Crippen molar-refractivity contribution in [3.05, 3.63) is 35.1 Å². The zero-order valence-electron chi connectivity index (χ0n) is 12.5. The summed E-state index contributed by atoms with van der Waals surface area (Å²) in [5, 5.41) is 4.72. The molecule has 0 spiro atoms. The highest BCUT2D eigenvalue weighted by Crippen LogP contribution is 2.26. The Morgan fingerprint density at radius 3 is 2.74 bits per heavy atom. The zero-order valence-corrected chi connectivity index (χ0v) is 12.5. The quantitative estimate of drug-likeness (QED) is 0.829. The van der Waals surface area contributed by atoms with Gasteiger partial charge in [-0.05, 0) is 49.1 Å². The van der Waals surface area contributed by atoms with Crippen LogP contribution in [0.15, 0.2) is 22.6 Å². The van der Waals surface area contributed by atoms with Crippen molar-refractivity contribution in [2.24, 2.45) is 5.92 Å². The molecule has 104 valence electrons. The molecule has 1 heterocycles. The van der Waals surface area contributed by atoms with E-state index in [4.69, 9.17) is 4.42 Å². The minimum absolute atomic E-state index is 0.667. The second-order valence-electron chi connectivity index (χ2n) is 5.76.